The molecule has 0 aliphatic heterocycles. The van der Waals surface area contributed by atoms with Gasteiger partial charge in [-0.25, -0.2) is 19.9 Å². The Morgan fingerprint density at radius 2 is 0.915 bits per heavy atom. The Balaban J connectivity index is 1.31. The highest BCUT2D eigenvalue weighted by atomic mass is 16.7. The van der Waals surface area contributed by atoms with E-state index in [1.165, 1.54) is 0 Å². The highest BCUT2D eigenvalue weighted by Crippen LogP contribution is 2.10. The van der Waals surface area contributed by atoms with Gasteiger partial charge in [0.15, 0.2) is 11.1 Å². The van der Waals surface area contributed by atoms with Crippen LogP contribution in [0.1, 0.15) is 53.5 Å². The third kappa shape index (κ3) is 24.6. The van der Waals surface area contributed by atoms with Gasteiger partial charge in [-0.3, -0.25) is 33.6 Å². The van der Waals surface area contributed by atoms with Crippen LogP contribution in [0.5, 0.6) is 0 Å². The number of hydrazine groups is 1. The van der Waals surface area contributed by atoms with Gasteiger partial charge < -0.3 is 61.7 Å². The molecule has 0 aliphatic carbocycles. The van der Waals surface area contributed by atoms with E-state index in [9.17, 15) is 48.5 Å². The van der Waals surface area contributed by atoms with Crippen molar-refractivity contribution >= 4 is 53.4 Å². The molecule has 0 aliphatic rings. The number of hydrogen-bond donors (Lipinski definition) is 8. The summed E-state index contributed by atoms with van der Waals surface area (Å²) in [6.45, 7) is -2.30. The zero-order chi connectivity index (χ0) is 58.9. The summed E-state index contributed by atoms with van der Waals surface area (Å²) in [5.41, 5.74) is 16.8. The fourth-order valence-electron chi connectivity index (χ4n) is 7.41. The first-order valence-electron chi connectivity index (χ1n) is 25.9. The van der Waals surface area contributed by atoms with Crippen molar-refractivity contribution in [1.29, 1.82) is 0 Å². The maximum atomic E-state index is 14.1. The molecule has 0 bridgehead atoms. The molecule has 82 heavy (non-hydrogen) atoms. The molecule has 5 rings (SSSR count). The van der Waals surface area contributed by atoms with E-state index >= 15 is 0 Å². The second kappa shape index (κ2) is 35.1. The lowest BCUT2D eigenvalue weighted by Crippen LogP contribution is -2.58. The molecule has 0 spiro atoms. The van der Waals surface area contributed by atoms with Gasteiger partial charge in [0.1, 0.15) is 37.9 Å². The van der Waals surface area contributed by atoms with Crippen LogP contribution in [0.4, 0.5) is 0 Å². The summed E-state index contributed by atoms with van der Waals surface area (Å²) < 4.78 is 27.8. The summed E-state index contributed by atoms with van der Waals surface area (Å²) in [5, 5.41) is 22.3. The number of carbonyl (C=O) groups excluding carboxylic acids is 8. The number of nitrogens with zero attached hydrogens (tertiary/aromatic N) is 2. The highest BCUT2D eigenvalue weighted by molar-refractivity contribution is 5.96. The zero-order valence-corrected chi connectivity index (χ0v) is 44.7. The number of esters is 3. The normalized spacial score (nSPS) is 12.8. The lowest BCUT2D eigenvalue weighted by Gasteiger charge is -2.24. The molecule has 0 unspecified atom stereocenters. The van der Waals surface area contributed by atoms with Gasteiger partial charge >= 0.3 is 17.9 Å². The Morgan fingerprint density at radius 1 is 0.500 bits per heavy atom. The Hall–Kier alpha value is -9.59. The standard InChI is InChI=1S/C57H66N10O15/c58-44(29-50(69)80-34-41-21-10-3-11-22-41)52(71)64-47(37-78-32-39-17-6-1-7-18-39)55(74)63-45(27-16-28-60-57(59)66-67(76)77)53(72)61-31-49(68)62-46(30-51(70)81-35-42-23-12-4-13-24-42)54(73)65-48(38-79-33-40-19-8-2-9-20-40)56(75)82-36-43-25-14-5-15-26-43/h1-15,17-26,44-48H,16,27-38,58H2,(H,61,72)(H,62,68)(H,63,74)(H,64,71)(H,65,73)(H3,59,60,66)/t44-,45-,46-,47-,48-/m0/s1. The molecule has 5 aromatic carbocycles. The summed E-state index contributed by atoms with van der Waals surface area (Å²) >= 11 is 0. The monoisotopic (exact) mass is 1130 g/mol. The van der Waals surface area contributed by atoms with Crippen molar-refractivity contribution in [2.75, 3.05) is 26.3 Å². The van der Waals surface area contributed by atoms with Crippen molar-refractivity contribution in [3.63, 3.8) is 0 Å². The number of hydrogen-bond acceptors (Lipinski definition) is 17. The molecule has 0 fully saturated rings. The average Bonchev–Trinajstić information content (AvgIpc) is 3.50. The molecule has 5 aromatic rings. The van der Waals surface area contributed by atoms with Crippen molar-refractivity contribution in [2.45, 2.75) is 88.9 Å². The number of guanidine groups is 1. The Morgan fingerprint density at radius 3 is 1.40 bits per heavy atom. The van der Waals surface area contributed by atoms with Gasteiger partial charge in [0.25, 0.3) is 5.96 Å². The van der Waals surface area contributed by atoms with E-state index < -0.39 is 115 Å². The van der Waals surface area contributed by atoms with Crippen LogP contribution in [0.15, 0.2) is 157 Å². The smallest absolute Gasteiger partial charge is 0.331 e. The molecule has 434 valence electrons. The largest absolute Gasteiger partial charge is 0.461 e. The molecule has 0 heterocycles. The summed E-state index contributed by atoms with van der Waals surface area (Å²) in [7, 11) is 0. The first kappa shape index (κ1) is 63.2. The summed E-state index contributed by atoms with van der Waals surface area (Å²) in [6, 6.07) is 36.3. The molecule has 0 radical (unpaired) electrons. The van der Waals surface area contributed by atoms with Crippen molar-refractivity contribution in [1.82, 2.24) is 32.0 Å². The van der Waals surface area contributed by atoms with Crippen molar-refractivity contribution in [3.8, 4) is 0 Å². The van der Waals surface area contributed by atoms with E-state index in [4.69, 9.17) is 35.2 Å². The van der Waals surface area contributed by atoms with Crippen molar-refractivity contribution < 1.29 is 67.1 Å². The average molecular weight is 1130 g/mol. The molecular formula is C57H66N10O15. The van der Waals surface area contributed by atoms with E-state index in [2.05, 4.69) is 31.6 Å². The molecule has 10 N–H and O–H groups in total. The number of aliphatic imine (C=N–C) groups is 1. The van der Waals surface area contributed by atoms with Gasteiger partial charge in [-0.2, -0.15) is 0 Å². The molecule has 0 saturated heterocycles. The Labute approximate surface area is 472 Å². The first-order valence-corrected chi connectivity index (χ1v) is 25.9. The molecular weight excluding hydrogens is 1060 g/mol. The second-order valence-electron chi connectivity index (χ2n) is 18.2. The first-order chi connectivity index (χ1) is 39.6. The van der Waals surface area contributed by atoms with Gasteiger partial charge in [-0.1, -0.05) is 157 Å². The van der Waals surface area contributed by atoms with Crippen molar-refractivity contribution in [3.05, 3.63) is 190 Å². The maximum absolute atomic E-state index is 14.1. The van der Waals surface area contributed by atoms with E-state index in [1.807, 2.05) is 6.07 Å². The minimum atomic E-state index is -1.71. The number of nitro groups is 1. The van der Waals surface area contributed by atoms with Gasteiger partial charge in [0, 0.05) is 6.54 Å². The van der Waals surface area contributed by atoms with E-state index in [0.717, 1.165) is 5.56 Å². The third-order valence-electron chi connectivity index (χ3n) is 11.7. The summed E-state index contributed by atoms with van der Waals surface area (Å²) in [4.78, 5) is 124. The number of ether oxygens (including phenoxy) is 5. The number of benzene rings is 5. The predicted octanol–water partition coefficient (Wildman–Crippen LogP) is 1.69. The number of amides is 5. The number of nitrogens with one attached hydrogen (secondary N) is 6. The van der Waals surface area contributed by atoms with Gasteiger partial charge in [0.05, 0.1) is 51.9 Å². The van der Waals surface area contributed by atoms with Crippen LogP contribution in [-0.2, 0) is 95.1 Å². The van der Waals surface area contributed by atoms with Gasteiger partial charge in [0.2, 0.25) is 29.5 Å². The van der Waals surface area contributed by atoms with Crippen molar-refractivity contribution in [2.24, 2.45) is 16.5 Å². The van der Waals surface area contributed by atoms with Gasteiger partial charge in [-0.15, -0.1) is 0 Å². The minimum Gasteiger partial charge on any atom is -0.461 e. The zero-order valence-electron chi connectivity index (χ0n) is 44.7. The van der Waals surface area contributed by atoms with Crippen LogP contribution in [0, 0.1) is 10.1 Å². The molecule has 0 aromatic heterocycles. The fourth-order valence-corrected chi connectivity index (χ4v) is 7.41. The molecule has 25 heteroatoms. The van der Waals surface area contributed by atoms with Crippen LogP contribution >= 0.6 is 0 Å². The van der Waals surface area contributed by atoms with Crippen LogP contribution in [-0.4, -0.2) is 115 Å². The van der Waals surface area contributed by atoms with Crippen LogP contribution < -0.4 is 43.5 Å². The summed E-state index contributed by atoms with van der Waals surface area (Å²) in [5.74, 6) is -8.10. The van der Waals surface area contributed by atoms with Crippen LogP contribution in [0.3, 0.4) is 0 Å². The third-order valence-corrected chi connectivity index (χ3v) is 11.7. The highest BCUT2D eigenvalue weighted by Gasteiger charge is 2.32. The van der Waals surface area contributed by atoms with Crippen LogP contribution in [0.25, 0.3) is 0 Å². The topological polar surface area (TPSA) is 362 Å². The van der Waals surface area contributed by atoms with E-state index in [1.54, 1.807) is 151 Å². The molecule has 25 nitrogen and oxygen atoms in total. The SMILES string of the molecule is NC(=NCCC[C@H](NC(=O)[C@H](COCc1ccccc1)NC(=O)[C@@H](N)CC(=O)OCc1ccccc1)C(=O)NCC(=O)N[C@@H](CC(=O)OCc1ccccc1)C(=O)N[C@@H](COCc1ccccc1)C(=O)OCc1ccccc1)N[N+](=O)[O-]. The molecule has 0 saturated carbocycles. The van der Waals surface area contributed by atoms with Crippen LogP contribution in [0.2, 0.25) is 0 Å². The maximum Gasteiger partial charge on any atom is 0.331 e. The fraction of sp³-hybridized carbons (Fsp3) is 0.316. The van der Waals surface area contributed by atoms with Gasteiger partial charge in [-0.05, 0) is 40.7 Å². The number of nitrogens with two attached hydrogens (primary N) is 2. The Bertz CT molecular complexity index is 2870. The molecule has 5 amide bonds. The lowest BCUT2D eigenvalue weighted by molar-refractivity contribution is -0.525. The predicted molar refractivity (Wildman–Crippen MR) is 295 cm³/mol. The molecule has 5 atom stereocenters. The van der Waals surface area contributed by atoms with E-state index in [-0.39, 0.29) is 59.0 Å². The Kier molecular flexibility index (Phi) is 27.1. The second-order valence-corrected chi connectivity index (χ2v) is 18.2. The van der Waals surface area contributed by atoms with E-state index in [0.29, 0.717) is 22.3 Å². The minimum absolute atomic E-state index is 0.0141. The quantitative estimate of drug-likeness (QED) is 0.00552. The summed E-state index contributed by atoms with van der Waals surface area (Å²) in [6.07, 6.45) is -1.60. The number of carbonyl (C=O) groups is 8. The number of rotatable bonds is 34. The lowest BCUT2D eigenvalue weighted by atomic mass is 10.1.